The molecule has 0 N–H and O–H groups in total. The lowest BCUT2D eigenvalue weighted by atomic mass is 10.2. The summed E-state index contributed by atoms with van der Waals surface area (Å²) in [5.74, 6) is -0.0999. The van der Waals surface area contributed by atoms with Crippen molar-refractivity contribution in [3.05, 3.63) is 0 Å². The molecule has 0 aliphatic heterocycles. The van der Waals surface area contributed by atoms with Gasteiger partial charge in [-0.05, 0) is 43.9 Å². The van der Waals surface area contributed by atoms with Crippen LogP contribution in [0.2, 0.25) is 23.2 Å². The Hall–Kier alpha value is -0.136. The molecule has 136 valence electrons. The lowest BCUT2D eigenvalue weighted by Crippen LogP contribution is -2.49. The van der Waals surface area contributed by atoms with Gasteiger partial charge in [0, 0.05) is 5.60 Å². The van der Waals surface area contributed by atoms with Crippen molar-refractivity contribution in [3.63, 3.8) is 0 Å². The Labute approximate surface area is 148 Å². The Morgan fingerprint density at radius 2 is 1.52 bits per heavy atom. The third-order valence-electron chi connectivity index (χ3n) is 4.14. The van der Waals surface area contributed by atoms with E-state index in [-0.39, 0.29) is 22.5 Å². The standard InChI is InChI=1S/C18H38O3Si2/c1-10-12-23(13-11-2,18(7,8)9)20-16(19)15(3)14-22-21-17(4,5)6/h15H,10-14H2,1-9H3. The third-order valence-corrected chi connectivity index (χ3v) is 11.6. The number of carbonyl (C=O) groups excluding carboxylic acids is 1. The molecule has 0 aromatic carbocycles. The van der Waals surface area contributed by atoms with Crippen LogP contribution in [-0.2, 0) is 13.6 Å². The molecule has 0 aromatic heterocycles. The minimum absolute atomic E-state index is 0.0153. The largest absolute Gasteiger partial charge is 0.518 e. The first-order valence-corrected chi connectivity index (χ1v) is 12.5. The van der Waals surface area contributed by atoms with Gasteiger partial charge in [-0.15, -0.1) is 0 Å². The van der Waals surface area contributed by atoms with E-state index in [1.165, 1.54) is 0 Å². The van der Waals surface area contributed by atoms with Crippen LogP contribution in [0.3, 0.4) is 0 Å². The van der Waals surface area contributed by atoms with Crippen LogP contribution in [0.4, 0.5) is 0 Å². The van der Waals surface area contributed by atoms with Crippen LogP contribution in [0, 0.1) is 5.92 Å². The smallest absolute Gasteiger partial charge is 0.295 e. The van der Waals surface area contributed by atoms with Crippen LogP contribution in [0.25, 0.3) is 0 Å². The zero-order valence-electron chi connectivity index (χ0n) is 16.8. The molecule has 0 rings (SSSR count). The predicted octanol–water partition coefficient (Wildman–Crippen LogP) is 5.58. The molecule has 1 unspecified atom stereocenters. The summed E-state index contributed by atoms with van der Waals surface area (Å²) in [6.45, 7) is 19.2. The van der Waals surface area contributed by atoms with E-state index in [0.29, 0.717) is 9.76 Å². The fourth-order valence-corrected chi connectivity index (χ4v) is 8.09. The van der Waals surface area contributed by atoms with Crippen molar-refractivity contribution in [2.75, 3.05) is 0 Å². The monoisotopic (exact) mass is 358 g/mol. The Balaban J connectivity index is 4.88. The molecule has 0 bridgehead atoms. The summed E-state index contributed by atoms with van der Waals surface area (Å²) < 4.78 is 12.1. The highest BCUT2D eigenvalue weighted by Gasteiger charge is 2.48. The molecule has 0 fully saturated rings. The van der Waals surface area contributed by atoms with Gasteiger partial charge in [0.05, 0.1) is 5.92 Å². The van der Waals surface area contributed by atoms with Gasteiger partial charge < -0.3 is 8.85 Å². The normalized spacial score (nSPS) is 14.7. The summed E-state index contributed by atoms with van der Waals surface area (Å²) in [5.41, 5.74) is -0.142. The molecule has 0 aromatic rings. The third kappa shape index (κ3) is 7.99. The van der Waals surface area contributed by atoms with Crippen molar-refractivity contribution in [2.45, 2.75) is 104 Å². The highest BCUT2D eigenvalue weighted by molar-refractivity contribution is 6.78. The molecule has 0 heterocycles. The molecule has 23 heavy (non-hydrogen) atoms. The molecular formula is C18H38O3Si2. The maximum Gasteiger partial charge on any atom is 0.295 e. The molecular weight excluding hydrogens is 320 g/mol. The van der Waals surface area contributed by atoms with E-state index in [1.807, 2.05) is 27.7 Å². The lowest BCUT2D eigenvalue weighted by molar-refractivity contribution is -0.139. The summed E-state index contributed by atoms with van der Waals surface area (Å²) in [6, 6.07) is 2.87. The summed E-state index contributed by atoms with van der Waals surface area (Å²) in [7, 11) is -1.74. The molecule has 0 aliphatic carbocycles. The minimum atomic E-state index is -2.09. The second-order valence-electron chi connectivity index (χ2n) is 8.63. The molecule has 0 saturated heterocycles. The maximum absolute atomic E-state index is 12.7. The van der Waals surface area contributed by atoms with Gasteiger partial charge >= 0.3 is 0 Å². The van der Waals surface area contributed by atoms with E-state index < -0.39 is 8.32 Å². The van der Waals surface area contributed by atoms with Gasteiger partial charge in [0.2, 0.25) is 9.76 Å². The molecule has 0 spiro atoms. The summed E-state index contributed by atoms with van der Waals surface area (Å²) in [4.78, 5) is 12.7. The SMILES string of the molecule is CCC[Si](CCC)(OC(=O)C(C)C[Si]OC(C)(C)C)C(C)(C)C. The van der Waals surface area contributed by atoms with Gasteiger partial charge in [0.25, 0.3) is 14.3 Å². The Bertz CT molecular complexity index is 350. The summed E-state index contributed by atoms with van der Waals surface area (Å²) >= 11 is 0. The van der Waals surface area contributed by atoms with Gasteiger partial charge in [-0.2, -0.15) is 0 Å². The number of carbonyl (C=O) groups is 1. The lowest BCUT2D eigenvalue weighted by Gasteiger charge is -2.42. The van der Waals surface area contributed by atoms with E-state index in [1.54, 1.807) is 0 Å². The topological polar surface area (TPSA) is 35.5 Å². The first kappa shape index (κ1) is 22.9. The second-order valence-corrected chi connectivity index (χ2v) is 14.2. The van der Waals surface area contributed by atoms with Crippen molar-refractivity contribution in [1.82, 2.24) is 0 Å². The van der Waals surface area contributed by atoms with Crippen LogP contribution in [0.15, 0.2) is 0 Å². The van der Waals surface area contributed by atoms with Gasteiger partial charge in [-0.3, -0.25) is 4.79 Å². The zero-order chi connectivity index (χ0) is 18.3. The van der Waals surface area contributed by atoms with E-state index >= 15 is 0 Å². The minimum Gasteiger partial charge on any atom is -0.518 e. The first-order valence-electron chi connectivity index (χ1n) is 9.02. The Morgan fingerprint density at radius 3 is 1.87 bits per heavy atom. The van der Waals surface area contributed by atoms with E-state index in [4.69, 9.17) is 8.85 Å². The highest BCUT2D eigenvalue weighted by Crippen LogP contribution is 2.44. The predicted molar refractivity (Wildman–Crippen MR) is 102 cm³/mol. The van der Waals surface area contributed by atoms with Crippen molar-refractivity contribution in [3.8, 4) is 0 Å². The molecule has 3 nitrogen and oxygen atoms in total. The van der Waals surface area contributed by atoms with Crippen molar-refractivity contribution in [2.24, 2.45) is 5.92 Å². The fourth-order valence-electron chi connectivity index (χ4n) is 2.70. The average molecular weight is 359 g/mol. The second kappa shape index (κ2) is 9.37. The van der Waals surface area contributed by atoms with E-state index in [0.717, 1.165) is 31.0 Å². The first-order chi connectivity index (χ1) is 10.4. The van der Waals surface area contributed by atoms with Crippen LogP contribution in [-0.4, -0.2) is 29.7 Å². The molecule has 2 radical (unpaired) electrons. The Kier molecular flexibility index (Phi) is 9.32. The number of rotatable bonds is 9. The highest BCUT2D eigenvalue weighted by atomic mass is 28.4. The van der Waals surface area contributed by atoms with Crippen LogP contribution < -0.4 is 0 Å². The number of hydrogen-bond donors (Lipinski definition) is 0. The van der Waals surface area contributed by atoms with Gasteiger partial charge in [-0.25, -0.2) is 0 Å². The Morgan fingerprint density at radius 1 is 1.04 bits per heavy atom. The summed E-state index contributed by atoms with van der Waals surface area (Å²) in [6.07, 6.45) is 2.17. The average Bonchev–Trinajstić information content (AvgIpc) is 2.36. The summed E-state index contributed by atoms with van der Waals surface area (Å²) in [5, 5.41) is 0.0819. The van der Waals surface area contributed by atoms with Gasteiger partial charge in [-0.1, -0.05) is 54.4 Å². The van der Waals surface area contributed by atoms with E-state index in [9.17, 15) is 4.79 Å². The molecule has 1 atom stereocenters. The molecule has 0 amide bonds. The van der Waals surface area contributed by atoms with Crippen molar-refractivity contribution in [1.29, 1.82) is 0 Å². The molecule has 5 heteroatoms. The quantitative estimate of drug-likeness (QED) is 0.504. The van der Waals surface area contributed by atoms with Crippen molar-refractivity contribution >= 4 is 24.0 Å². The molecule has 0 saturated carbocycles. The van der Waals surface area contributed by atoms with Crippen molar-refractivity contribution < 1.29 is 13.6 Å². The van der Waals surface area contributed by atoms with Crippen LogP contribution in [0.1, 0.15) is 75.2 Å². The van der Waals surface area contributed by atoms with Gasteiger partial charge in [0.1, 0.15) is 0 Å². The maximum atomic E-state index is 12.7. The van der Waals surface area contributed by atoms with Crippen LogP contribution >= 0.6 is 0 Å². The van der Waals surface area contributed by atoms with Gasteiger partial charge in [0.15, 0.2) is 0 Å². The fraction of sp³-hybridized carbons (Fsp3) is 0.944. The number of hydrogen-bond acceptors (Lipinski definition) is 3. The zero-order valence-corrected chi connectivity index (χ0v) is 18.8. The van der Waals surface area contributed by atoms with E-state index in [2.05, 4.69) is 34.6 Å². The molecule has 0 aliphatic rings. The van der Waals surface area contributed by atoms with Crippen LogP contribution in [0.5, 0.6) is 0 Å².